The molecule has 0 aliphatic carbocycles. The van der Waals surface area contributed by atoms with Crippen molar-refractivity contribution in [2.75, 3.05) is 14.2 Å². The molecule has 0 fully saturated rings. The molecule has 0 aliphatic heterocycles. The van der Waals surface area contributed by atoms with Gasteiger partial charge in [-0.2, -0.15) is 0 Å². The predicted octanol–water partition coefficient (Wildman–Crippen LogP) is 4.44. The highest BCUT2D eigenvalue weighted by molar-refractivity contribution is 5.81. The van der Waals surface area contributed by atoms with Gasteiger partial charge in [-0.1, -0.05) is 26.0 Å². The van der Waals surface area contributed by atoms with Gasteiger partial charge in [-0.05, 0) is 61.2 Å². The molecule has 5 heteroatoms. The first kappa shape index (κ1) is 20.6. The van der Waals surface area contributed by atoms with Gasteiger partial charge in [-0.15, -0.1) is 0 Å². The van der Waals surface area contributed by atoms with Crippen molar-refractivity contribution in [2.45, 2.75) is 45.8 Å². The minimum absolute atomic E-state index is 0.0735. The summed E-state index contributed by atoms with van der Waals surface area (Å²) in [5.41, 5.74) is 2.10. The zero-order valence-electron chi connectivity index (χ0n) is 16.7. The molecule has 2 unspecified atom stereocenters. The smallest absolute Gasteiger partial charge is 0.261 e. The van der Waals surface area contributed by atoms with E-state index >= 15 is 0 Å². The summed E-state index contributed by atoms with van der Waals surface area (Å²) >= 11 is 0. The van der Waals surface area contributed by atoms with Gasteiger partial charge >= 0.3 is 0 Å². The number of carbonyl (C=O) groups is 1. The summed E-state index contributed by atoms with van der Waals surface area (Å²) in [6.45, 7) is 5.99. The maximum absolute atomic E-state index is 12.8. The molecule has 2 atom stereocenters. The second-order valence-corrected chi connectivity index (χ2v) is 6.39. The van der Waals surface area contributed by atoms with Crippen LogP contribution in [-0.4, -0.2) is 26.2 Å². The molecule has 0 aromatic heterocycles. The van der Waals surface area contributed by atoms with E-state index in [0.717, 1.165) is 29.0 Å². The van der Waals surface area contributed by atoms with Gasteiger partial charge in [0.25, 0.3) is 5.91 Å². The summed E-state index contributed by atoms with van der Waals surface area (Å²) in [6.07, 6.45) is 0.818. The monoisotopic (exact) mass is 371 g/mol. The number of hydrogen-bond donors (Lipinski definition) is 1. The first-order valence-corrected chi connectivity index (χ1v) is 9.27. The van der Waals surface area contributed by atoms with E-state index in [1.807, 2.05) is 38.1 Å². The zero-order chi connectivity index (χ0) is 19.8. The van der Waals surface area contributed by atoms with Crippen LogP contribution in [0, 0.1) is 6.92 Å². The van der Waals surface area contributed by atoms with Gasteiger partial charge in [0.05, 0.1) is 20.3 Å². The summed E-state index contributed by atoms with van der Waals surface area (Å²) in [5.74, 6) is 2.12. The number of hydrogen-bond acceptors (Lipinski definition) is 4. The first-order chi connectivity index (χ1) is 13.0. The molecule has 27 heavy (non-hydrogen) atoms. The van der Waals surface area contributed by atoms with Gasteiger partial charge < -0.3 is 19.5 Å². The molecule has 146 valence electrons. The first-order valence-electron chi connectivity index (χ1n) is 9.27. The molecule has 5 nitrogen and oxygen atoms in total. The predicted molar refractivity (Wildman–Crippen MR) is 107 cm³/mol. The lowest BCUT2D eigenvalue weighted by Gasteiger charge is -2.23. The van der Waals surface area contributed by atoms with Crippen molar-refractivity contribution < 1.29 is 19.0 Å². The van der Waals surface area contributed by atoms with Crippen molar-refractivity contribution in [3.05, 3.63) is 53.6 Å². The topological polar surface area (TPSA) is 56.8 Å². The molecule has 0 bridgehead atoms. The van der Waals surface area contributed by atoms with E-state index in [-0.39, 0.29) is 11.9 Å². The van der Waals surface area contributed by atoms with Crippen LogP contribution >= 0.6 is 0 Å². The molecule has 1 amide bonds. The third-order valence-corrected chi connectivity index (χ3v) is 4.55. The highest BCUT2D eigenvalue weighted by Gasteiger charge is 2.22. The minimum Gasteiger partial charge on any atom is -0.497 e. The molecule has 0 heterocycles. The van der Waals surface area contributed by atoms with Crippen LogP contribution < -0.4 is 19.5 Å². The van der Waals surface area contributed by atoms with Gasteiger partial charge in [0.2, 0.25) is 0 Å². The Morgan fingerprint density at radius 3 is 2.15 bits per heavy atom. The number of aryl methyl sites for hydroxylation is 1. The van der Waals surface area contributed by atoms with Gasteiger partial charge in [-0.3, -0.25) is 4.79 Å². The Kier molecular flexibility index (Phi) is 7.53. The molecule has 2 aromatic carbocycles. The lowest BCUT2D eigenvalue weighted by molar-refractivity contribution is -0.128. The van der Waals surface area contributed by atoms with Crippen molar-refractivity contribution in [1.82, 2.24) is 5.32 Å². The minimum atomic E-state index is -0.549. The van der Waals surface area contributed by atoms with Crippen LogP contribution in [0.5, 0.6) is 17.2 Å². The van der Waals surface area contributed by atoms with E-state index in [4.69, 9.17) is 14.2 Å². The Morgan fingerprint density at radius 1 is 0.963 bits per heavy atom. The summed E-state index contributed by atoms with van der Waals surface area (Å²) in [7, 11) is 3.27. The van der Waals surface area contributed by atoms with Crippen LogP contribution in [-0.2, 0) is 4.79 Å². The molecule has 0 spiro atoms. The van der Waals surface area contributed by atoms with Crippen LogP contribution in [0.15, 0.2) is 42.5 Å². The van der Waals surface area contributed by atoms with Gasteiger partial charge in [0.15, 0.2) is 6.10 Å². The number of rotatable bonds is 9. The fourth-order valence-corrected chi connectivity index (χ4v) is 2.94. The Labute approximate surface area is 161 Å². The highest BCUT2D eigenvalue weighted by atomic mass is 16.5. The molecule has 0 radical (unpaired) electrons. The van der Waals surface area contributed by atoms with E-state index in [2.05, 4.69) is 18.3 Å². The van der Waals surface area contributed by atoms with Crippen LogP contribution in [0.4, 0.5) is 0 Å². The van der Waals surface area contributed by atoms with E-state index in [1.54, 1.807) is 26.4 Å². The third kappa shape index (κ3) is 5.39. The van der Waals surface area contributed by atoms with E-state index in [9.17, 15) is 4.79 Å². The second-order valence-electron chi connectivity index (χ2n) is 6.39. The van der Waals surface area contributed by atoms with Crippen LogP contribution in [0.2, 0.25) is 0 Å². The molecule has 0 aliphatic rings. The zero-order valence-corrected chi connectivity index (χ0v) is 16.7. The van der Waals surface area contributed by atoms with E-state index in [0.29, 0.717) is 12.2 Å². The standard InChI is InChI=1S/C22H29NO4/c1-6-19(16-8-13-21(26-5)15(3)14-16)23-22(24)20(7-2)27-18-11-9-17(25-4)10-12-18/h8-14,19-20H,6-7H2,1-5H3,(H,23,24). The number of ether oxygens (including phenoxy) is 3. The van der Waals surface area contributed by atoms with Gasteiger partial charge in [-0.25, -0.2) is 0 Å². The summed E-state index contributed by atoms with van der Waals surface area (Å²) in [6, 6.07) is 13.1. The van der Waals surface area contributed by atoms with Crippen molar-refractivity contribution >= 4 is 5.91 Å². The normalized spacial score (nSPS) is 12.8. The Bertz CT molecular complexity index is 742. The summed E-state index contributed by atoms with van der Waals surface area (Å²) < 4.78 is 16.3. The average Bonchev–Trinajstić information content (AvgIpc) is 2.70. The Balaban J connectivity index is 2.07. The fourth-order valence-electron chi connectivity index (χ4n) is 2.94. The van der Waals surface area contributed by atoms with Gasteiger partial charge in [0, 0.05) is 0 Å². The average molecular weight is 371 g/mol. The molecule has 1 N–H and O–H groups in total. The highest BCUT2D eigenvalue weighted by Crippen LogP contribution is 2.25. The number of benzene rings is 2. The molecule has 2 rings (SSSR count). The van der Waals surface area contributed by atoms with Crippen LogP contribution in [0.25, 0.3) is 0 Å². The maximum atomic E-state index is 12.8. The molecule has 2 aromatic rings. The van der Waals surface area contributed by atoms with Crippen molar-refractivity contribution in [3.63, 3.8) is 0 Å². The number of amides is 1. The fraction of sp³-hybridized carbons (Fsp3) is 0.409. The largest absolute Gasteiger partial charge is 0.497 e. The van der Waals surface area contributed by atoms with Crippen molar-refractivity contribution in [2.24, 2.45) is 0 Å². The molecular formula is C22H29NO4. The summed E-state index contributed by atoms with van der Waals surface area (Å²) in [5, 5.41) is 3.11. The maximum Gasteiger partial charge on any atom is 0.261 e. The van der Waals surface area contributed by atoms with Crippen LogP contribution in [0.1, 0.15) is 43.9 Å². The van der Waals surface area contributed by atoms with Gasteiger partial charge in [0.1, 0.15) is 17.2 Å². The number of nitrogens with one attached hydrogen (secondary N) is 1. The molecule has 0 saturated heterocycles. The molecule has 0 saturated carbocycles. The van der Waals surface area contributed by atoms with Crippen molar-refractivity contribution in [1.29, 1.82) is 0 Å². The molecular weight excluding hydrogens is 342 g/mol. The quantitative estimate of drug-likeness (QED) is 0.708. The van der Waals surface area contributed by atoms with E-state index in [1.165, 1.54) is 0 Å². The Hall–Kier alpha value is -2.69. The van der Waals surface area contributed by atoms with E-state index < -0.39 is 6.10 Å². The number of methoxy groups -OCH3 is 2. The Morgan fingerprint density at radius 2 is 1.63 bits per heavy atom. The SMILES string of the molecule is CCC(Oc1ccc(OC)cc1)C(=O)NC(CC)c1ccc(OC)c(C)c1. The summed E-state index contributed by atoms with van der Waals surface area (Å²) in [4.78, 5) is 12.8. The van der Waals surface area contributed by atoms with Crippen molar-refractivity contribution in [3.8, 4) is 17.2 Å². The van der Waals surface area contributed by atoms with Crippen LogP contribution in [0.3, 0.4) is 0 Å². The number of carbonyl (C=O) groups excluding carboxylic acids is 1. The third-order valence-electron chi connectivity index (χ3n) is 4.55. The lowest BCUT2D eigenvalue weighted by Crippen LogP contribution is -2.39. The second kappa shape index (κ2) is 9.86. The lowest BCUT2D eigenvalue weighted by atomic mass is 10.0.